The van der Waals surface area contributed by atoms with Gasteiger partial charge >= 0.3 is 0 Å². The Morgan fingerprint density at radius 2 is 1.94 bits per heavy atom. The maximum Gasteiger partial charge on any atom is 0.257 e. The van der Waals surface area contributed by atoms with E-state index in [-0.39, 0.29) is 11.8 Å². The Hall–Kier alpha value is -3.15. The summed E-state index contributed by atoms with van der Waals surface area (Å²) in [4.78, 5) is 19.9. The highest BCUT2D eigenvalue weighted by molar-refractivity contribution is 5.95. The molecule has 1 amide bonds. The Morgan fingerprint density at radius 3 is 2.61 bits per heavy atom. The molecule has 1 saturated heterocycles. The molecule has 3 heterocycles. The lowest BCUT2D eigenvalue weighted by Crippen LogP contribution is -2.39. The molecular weight excluding hydrogens is 388 g/mol. The number of rotatable bonds is 5. The van der Waals surface area contributed by atoms with Crippen molar-refractivity contribution in [3.05, 3.63) is 76.4 Å². The van der Waals surface area contributed by atoms with Gasteiger partial charge in [-0.2, -0.15) is 5.10 Å². The molecule has 0 saturated carbocycles. The number of benzene rings is 1. The molecule has 162 valence electrons. The number of likely N-dealkylation sites (tertiary alicyclic amines) is 1. The van der Waals surface area contributed by atoms with Gasteiger partial charge in [0.25, 0.3) is 5.91 Å². The maximum absolute atomic E-state index is 13.1. The summed E-state index contributed by atoms with van der Waals surface area (Å²) in [5.74, 6) is 1.19. The van der Waals surface area contributed by atoms with Crippen LogP contribution in [0, 0.1) is 13.8 Å². The molecule has 0 aliphatic carbocycles. The van der Waals surface area contributed by atoms with E-state index in [0.29, 0.717) is 12.1 Å². The van der Waals surface area contributed by atoms with Gasteiger partial charge in [-0.1, -0.05) is 12.1 Å². The lowest BCUT2D eigenvalue weighted by Gasteiger charge is -2.32. The first-order valence-electron chi connectivity index (χ1n) is 10.8. The molecule has 1 atom stereocenters. The van der Waals surface area contributed by atoms with Gasteiger partial charge in [-0.15, -0.1) is 0 Å². The average molecular weight is 419 g/mol. The SMILES string of the molecule is COc1ccc(Cc2cc(C)nc(C3CCCN(C(=O)c4cn(C)nc4C)C3)c2)cc1. The summed E-state index contributed by atoms with van der Waals surface area (Å²) in [6.45, 7) is 5.42. The third-order valence-electron chi connectivity index (χ3n) is 5.97. The van der Waals surface area contributed by atoms with Crippen LogP contribution < -0.4 is 4.74 Å². The lowest BCUT2D eigenvalue weighted by atomic mass is 9.92. The first kappa shape index (κ1) is 21.1. The second kappa shape index (κ2) is 8.92. The van der Waals surface area contributed by atoms with Crippen LogP contribution in [-0.4, -0.2) is 45.8 Å². The van der Waals surface area contributed by atoms with Crippen molar-refractivity contribution in [1.29, 1.82) is 0 Å². The number of hydrogen-bond donors (Lipinski definition) is 0. The number of piperidine rings is 1. The van der Waals surface area contributed by atoms with Crippen LogP contribution in [0.1, 0.15) is 57.3 Å². The number of carbonyl (C=O) groups is 1. The molecule has 1 fully saturated rings. The molecule has 3 aromatic rings. The summed E-state index contributed by atoms with van der Waals surface area (Å²) in [5.41, 5.74) is 6.08. The maximum atomic E-state index is 13.1. The smallest absolute Gasteiger partial charge is 0.257 e. The van der Waals surface area contributed by atoms with Crippen LogP contribution in [0.25, 0.3) is 0 Å². The zero-order chi connectivity index (χ0) is 22.0. The molecule has 0 bridgehead atoms. The number of aromatic nitrogens is 3. The van der Waals surface area contributed by atoms with E-state index in [9.17, 15) is 4.79 Å². The molecule has 1 aliphatic rings. The normalized spacial score (nSPS) is 16.4. The third-order valence-corrected chi connectivity index (χ3v) is 5.97. The summed E-state index contributed by atoms with van der Waals surface area (Å²) < 4.78 is 6.97. The van der Waals surface area contributed by atoms with Crippen LogP contribution in [0.4, 0.5) is 0 Å². The molecule has 0 spiro atoms. The molecule has 31 heavy (non-hydrogen) atoms. The van der Waals surface area contributed by atoms with Crippen LogP contribution in [0.5, 0.6) is 5.75 Å². The highest BCUT2D eigenvalue weighted by Gasteiger charge is 2.28. The molecule has 0 radical (unpaired) electrons. The first-order valence-corrected chi connectivity index (χ1v) is 10.8. The van der Waals surface area contributed by atoms with Crippen molar-refractivity contribution in [3.8, 4) is 5.75 Å². The van der Waals surface area contributed by atoms with Crippen molar-refractivity contribution in [2.45, 2.75) is 39.0 Å². The summed E-state index contributed by atoms with van der Waals surface area (Å²) in [6, 6.07) is 12.6. The van der Waals surface area contributed by atoms with Gasteiger partial charge in [0.1, 0.15) is 5.75 Å². The van der Waals surface area contributed by atoms with Crippen molar-refractivity contribution < 1.29 is 9.53 Å². The zero-order valence-corrected chi connectivity index (χ0v) is 18.8. The van der Waals surface area contributed by atoms with Crippen molar-refractivity contribution in [1.82, 2.24) is 19.7 Å². The molecule has 2 aromatic heterocycles. The third kappa shape index (κ3) is 4.79. The van der Waals surface area contributed by atoms with Crippen LogP contribution in [0.2, 0.25) is 0 Å². The average Bonchev–Trinajstić information content (AvgIpc) is 3.11. The molecule has 4 rings (SSSR count). The van der Waals surface area contributed by atoms with E-state index in [0.717, 1.165) is 48.6 Å². The molecule has 0 N–H and O–H groups in total. The summed E-state index contributed by atoms with van der Waals surface area (Å²) >= 11 is 0. The lowest BCUT2D eigenvalue weighted by molar-refractivity contribution is 0.0705. The van der Waals surface area contributed by atoms with Gasteiger partial charge in [0.2, 0.25) is 0 Å². The van der Waals surface area contributed by atoms with Crippen molar-refractivity contribution in [2.24, 2.45) is 7.05 Å². The van der Waals surface area contributed by atoms with Crippen molar-refractivity contribution >= 4 is 5.91 Å². The Balaban J connectivity index is 1.51. The van der Waals surface area contributed by atoms with Gasteiger partial charge in [0, 0.05) is 43.6 Å². The summed E-state index contributed by atoms with van der Waals surface area (Å²) in [6.07, 6.45) is 4.71. The van der Waals surface area contributed by atoms with Gasteiger partial charge in [0.15, 0.2) is 0 Å². The largest absolute Gasteiger partial charge is 0.497 e. The molecule has 1 aromatic carbocycles. The van der Waals surface area contributed by atoms with Gasteiger partial charge < -0.3 is 9.64 Å². The van der Waals surface area contributed by atoms with E-state index in [1.165, 1.54) is 11.1 Å². The molecule has 1 unspecified atom stereocenters. The van der Waals surface area contributed by atoms with Crippen LogP contribution in [-0.2, 0) is 13.5 Å². The van der Waals surface area contributed by atoms with E-state index < -0.39 is 0 Å². The number of methoxy groups -OCH3 is 1. The van der Waals surface area contributed by atoms with E-state index in [1.54, 1.807) is 11.8 Å². The van der Waals surface area contributed by atoms with Crippen LogP contribution in [0.3, 0.4) is 0 Å². The second-order valence-electron chi connectivity index (χ2n) is 8.46. The summed E-state index contributed by atoms with van der Waals surface area (Å²) in [7, 11) is 3.53. The Kier molecular flexibility index (Phi) is 6.07. The van der Waals surface area contributed by atoms with Crippen molar-refractivity contribution in [2.75, 3.05) is 20.2 Å². The quantitative estimate of drug-likeness (QED) is 0.627. The fraction of sp³-hybridized carbons (Fsp3) is 0.400. The number of carbonyl (C=O) groups excluding carboxylic acids is 1. The number of amides is 1. The first-order chi connectivity index (χ1) is 14.9. The minimum atomic E-state index is 0.0707. The second-order valence-corrected chi connectivity index (χ2v) is 8.46. The predicted octanol–water partition coefficient (Wildman–Crippen LogP) is 4.05. The van der Waals surface area contributed by atoms with Gasteiger partial charge in [0.05, 0.1) is 18.4 Å². The van der Waals surface area contributed by atoms with E-state index in [4.69, 9.17) is 9.72 Å². The molecule has 1 aliphatic heterocycles. The van der Waals surface area contributed by atoms with E-state index >= 15 is 0 Å². The van der Waals surface area contributed by atoms with Gasteiger partial charge in [-0.25, -0.2) is 0 Å². The molecule has 6 nitrogen and oxygen atoms in total. The van der Waals surface area contributed by atoms with Gasteiger partial charge in [-0.05, 0) is 68.5 Å². The highest BCUT2D eigenvalue weighted by Crippen LogP contribution is 2.28. The number of pyridine rings is 1. The summed E-state index contributed by atoms with van der Waals surface area (Å²) in [5, 5.41) is 4.33. The highest BCUT2D eigenvalue weighted by atomic mass is 16.5. The van der Waals surface area contributed by atoms with Crippen LogP contribution >= 0.6 is 0 Å². The fourth-order valence-electron chi connectivity index (χ4n) is 4.44. The molecular formula is C25H30N4O2. The number of aryl methyl sites for hydroxylation is 3. The standard InChI is InChI=1S/C25H30N4O2/c1-17-12-20(13-19-7-9-22(31-4)10-8-19)14-24(26-17)21-6-5-11-29(15-21)25(30)23-16-28(3)27-18(23)2/h7-10,12,14,16,21H,5-6,11,13,15H2,1-4H3. The minimum Gasteiger partial charge on any atom is -0.497 e. The van der Waals surface area contributed by atoms with E-state index in [1.807, 2.05) is 44.1 Å². The predicted molar refractivity (Wildman–Crippen MR) is 121 cm³/mol. The number of hydrogen-bond acceptors (Lipinski definition) is 4. The number of nitrogens with zero attached hydrogens (tertiary/aromatic N) is 4. The Bertz CT molecular complexity index is 1070. The zero-order valence-electron chi connectivity index (χ0n) is 18.8. The Labute approximate surface area is 183 Å². The van der Waals surface area contributed by atoms with E-state index in [2.05, 4.69) is 29.4 Å². The minimum absolute atomic E-state index is 0.0707. The van der Waals surface area contributed by atoms with Gasteiger partial charge in [-0.3, -0.25) is 14.5 Å². The fourth-order valence-corrected chi connectivity index (χ4v) is 4.44. The Morgan fingerprint density at radius 1 is 1.16 bits per heavy atom. The van der Waals surface area contributed by atoms with Crippen LogP contribution in [0.15, 0.2) is 42.6 Å². The monoisotopic (exact) mass is 418 g/mol. The topological polar surface area (TPSA) is 60.2 Å². The van der Waals surface area contributed by atoms with Crippen molar-refractivity contribution in [3.63, 3.8) is 0 Å². The number of ether oxygens (including phenoxy) is 1. The molecule has 6 heteroatoms.